The molecule has 1 aromatic carbocycles. The number of amides is 2. The maximum atomic E-state index is 14.2. The molecule has 0 aliphatic carbocycles. The lowest BCUT2D eigenvalue weighted by Crippen LogP contribution is -2.56. The molecule has 8 heteroatoms. The summed E-state index contributed by atoms with van der Waals surface area (Å²) >= 11 is 1.52. The first kappa shape index (κ1) is 23.2. The van der Waals surface area contributed by atoms with Crippen LogP contribution in [0.25, 0.3) is 0 Å². The van der Waals surface area contributed by atoms with Gasteiger partial charge in [-0.25, -0.2) is 0 Å². The first-order valence-corrected chi connectivity index (χ1v) is 12.7. The number of cyclic esters (lactones) is 1. The zero-order valence-corrected chi connectivity index (χ0v) is 20.2. The number of nitrogens with zero attached hydrogens (tertiary/aromatic N) is 2. The van der Waals surface area contributed by atoms with E-state index in [-0.39, 0.29) is 25.0 Å². The Kier molecular flexibility index (Phi) is 5.84. The van der Waals surface area contributed by atoms with E-state index >= 15 is 0 Å². The molecular weight excluding hydrogens is 452 g/mol. The third-order valence-corrected chi connectivity index (χ3v) is 9.42. The molecule has 2 fully saturated rings. The number of carbonyl (C=O) groups excluding carboxylic acids is 3. The Morgan fingerprint density at radius 3 is 2.59 bits per heavy atom. The maximum absolute atomic E-state index is 14.2. The minimum atomic E-state index is -0.914. The lowest BCUT2D eigenvalue weighted by molar-refractivity contribution is -0.153. The zero-order chi connectivity index (χ0) is 24.1. The highest BCUT2D eigenvalue weighted by Crippen LogP contribution is 2.65. The standard InChI is InChI=1S/C26H30N2O5S/c1-3-18(16-29)28-21-23(31)27(15-17-9-5-4-6-10-17)13-7-12-26(21)19(22(28)30)20-24(32)33-14-8-11-25(20,2)34-26/h4-12,18-21,29H,3,13-16H2,1-2H3/t18-,19-,20-,21?,25+,26-/m0/s1. The summed E-state index contributed by atoms with van der Waals surface area (Å²) in [6, 6.07) is 8.46. The number of hydrogen-bond acceptors (Lipinski definition) is 6. The third-order valence-electron chi connectivity index (χ3n) is 7.63. The van der Waals surface area contributed by atoms with Crippen LogP contribution < -0.4 is 0 Å². The molecule has 6 atom stereocenters. The molecular formula is C26H30N2O5S. The maximum Gasteiger partial charge on any atom is 0.311 e. The second-order valence-corrected chi connectivity index (χ2v) is 11.4. The van der Waals surface area contributed by atoms with E-state index in [0.717, 1.165) is 5.56 Å². The number of hydrogen-bond donors (Lipinski definition) is 1. The van der Waals surface area contributed by atoms with Gasteiger partial charge < -0.3 is 19.6 Å². The van der Waals surface area contributed by atoms with Crippen LogP contribution in [0.1, 0.15) is 25.8 Å². The van der Waals surface area contributed by atoms with Crippen LogP contribution in [0.2, 0.25) is 0 Å². The zero-order valence-electron chi connectivity index (χ0n) is 19.4. The highest BCUT2D eigenvalue weighted by atomic mass is 32.2. The molecule has 180 valence electrons. The van der Waals surface area contributed by atoms with Gasteiger partial charge in [0.25, 0.3) is 0 Å². The predicted molar refractivity (Wildman–Crippen MR) is 129 cm³/mol. The number of likely N-dealkylation sites (tertiary alicyclic amines) is 1. The summed E-state index contributed by atoms with van der Waals surface area (Å²) in [5.41, 5.74) is 1.00. The van der Waals surface area contributed by atoms with E-state index in [4.69, 9.17) is 4.74 Å². The third kappa shape index (κ3) is 3.33. The smallest absolute Gasteiger partial charge is 0.311 e. The van der Waals surface area contributed by atoms with Crippen LogP contribution in [0.4, 0.5) is 0 Å². The van der Waals surface area contributed by atoms with Crippen molar-refractivity contribution in [2.75, 3.05) is 19.8 Å². The Morgan fingerprint density at radius 2 is 1.88 bits per heavy atom. The molecule has 0 radical (unpaired) electrons. The van der Waals surface area contributed by atoms with Crippen LogP contribution in [-0.2, 0) is 25.7 Å². The highest BCUT2D eigenvalue weighted by molar-refractivity contribution is 8.02. The van der Waals surface area contributed by atoms with Crippen LogP contribution in [0.3, 0.4) is 0 Å². The van der Waals surface area contributed by atoms with E-state index < -0.39 is 39.4 Å². The monoisotopic (exact) mass is 482 g/mol. The van der Waals surface area contributed by atoms with Crippen LogP contribution in [0.5, 0.6) is 0 Å². The van der Waals surface area contributed by atoms with Crippen molar-refractivity contribution in [2.24, 2.45) is 11.8 Å². The molecule has 2 saturated heterocycles. The topological polar surface area (TPSA) is 87.2 Å². The van der Waals surface area contributed by atoms with Crippen LogP contribution >= 0.6 is 11.8 Å². The number of carbonyl (C=O) groups is 3. The van der Waals surface area contributed by atoms with Gasteiger partial charge in [-0.15, -0.1) is 11.8 Å². The van der Waals surface area contributed by atoms with Crippen molar-refractivity contribution in [2.45, 2.75) is 48.4 Å². The van der Waals surface area contributed by atoms with E-state index in [1.54, 1.807) is 9.80 Å². The molecule has 2 amide bonds. The number of aliphatic hydroxyl groups excluding tert-OH is 1. The second kappa shape index (κ2) is 8.57. The number of esters is 1. The van der Waals surface area contributed by atoms with Gasteiger partial charge in [-0.05, 0) is 25.0 Å². The van der Waals surface area contributed by atoms with Gasteiger partial charge in [-0.1, -0.05) is 55.5 Å². The Labute approximate surface area is 203 Å². The van der Waals surface area contributed by atoms with Crippen molar-refractivity contribution >= 4 is 29.5 Å². The van der Waals surface area contributed by atoms with Crippen molar-refractivity contribution in [3.8, 4) is 0 Å². The van der Waals surface area contributed by atoms with Crippen LogP contribution in [0, 0.1) is 11.8 Å². The molecule has 4 aliphatic heterocycles. The average Bonchev–Trinajstić information content (AvgIpc) is 3.09. The van der Waals surface area contributed by atoms with E-state index in [0.29, 0.717) is 19.5 Å². The lowest BCUT2D eigenvalue weighted by atomic mass is 9.75. The lowest BCUT2D eigenvalue weighted by Gasteiger charge is -2.39. The number of thioether (sulfide) groups is 1. The van der Waals surface area contributed by atoms with Crippen molar-refractivity contribution in [3.05, 3.63) is 60.2 Å². The summed E-state index contributed by atoms with van der Waals surface area (Å²) in [5.74, 6) is -2.25. The highest BCUT2D eigenvalue weighted by Gasteiger charge is 2.74. The Bertz CT molecular complexity index is 1050. The fraction of sp³-hybridized carbons (Fsp3) is 0.500. The molecule has 7 nitrogen and oxygen atoms in total. The first-order valence-electron chi connectivity index (χ1n) is 11.8. The number of ether oxygens (including phenoxy) is 1. The fourth-order valence-electron chi connectivity index (χ4n) is 6.09. The first-order chi connectivity index (χ1) is 16.4. The summed E-state index contributed by atoms with van der Waals surface area (Å²) in [6.07, 6.45) is 8.24. The van der Waals surface area contributed by atoms with Crippen molar-refractivity contribution in [1.82, 2.24) is 9.80 Å². The van der Waals surface area contributed by atoms with E-state index in [1.165, 1.54) is 11.8 Å². The summed E-state index contributed by atoms with van der Waals surface area (Å²) < 4.78 is 3.86. The Balaban J connectivity index is 1.62. The normalized spacial score (nSPS) is 35.4. The quantitative estimate of drug-likeness (QED) is 0.511. The average molecular weight is 483 g/mol. The summed E-state index contributed by atoms with van der Waals surface area (Å²) in [6.45, 7) is 4.63. The van der Waals surface area contributed by atoms with E-state index in [1.807, 2.05) is 68.5 Å². The molecule has 1 aromatic rings. The summed E-state index contributed by atoms with van der Waals surface area (Å²) in [7, 11) is 0. The van der Waals surface area contributed by atoms with Gasteiger partial charge in [0.1, 0.15) is 12.6 Å². The van der Waals surface area contributed by atoms with Gasteiger partial charge in [0.15, 0.2) is 0 Å². The van der Waals surface area contributed by atoms with Gasteiger partial charge in [-0.3, -0.25) is 14.4 Å². The minimum Gasteiger partial charge on any atom is -0.461 e. The Hall–Kier alpha value is -2.58. The van der Waals surface area contributed by atoms with Gasteiger partial charge in [0.05, 0.1) is 29.2 Å². The largest absolute Gasteiger partial charge is 0.461 e. The number of rotatable bonds is 5. The van der Waals surface area contributed by atoms with Crippen molar-refractivity contribution in [1.29, 1.82) is 0 Å². The molecule has 4 aliphatic rings. The predicted octanol–water partition coefficient (Wildman–Crippen LogP) is 2.16. The molecule has 0 saturated carbocycles. The molecule has 1 spiro atoms. The summed E-state index contributed by atoms with van der Waals surface area (Å²) in [4.78, 5) is 44.7. The number of aliphatic hydroxyl groups is 1. The molecule has 0 aromatic heterocycles. The SMILES string of the molecule is CC[C@@H](CO)N1C(=O)[C@@H]2[C@H]3C(=O)OCC=C[C@@]3(C)S[C@@]23C=CCN(Cc2ccccc2)C(=O)C13. The molecule has 1 N–H and O–H groups in total. The van der Waals surface area contributed by atoms with Crippen molar-refractivity contribution in [3.63, 3.8) is 0 Å². The van der Waals surface area contributed by atoms with E-state index in [9.17, 15) is 19.5 Å². The molecule has 5 rings (SSSR count). The molecule has 34 heavy (non-hydrogen) atoms. The van der Waals surface area contributed by atoms with Crippen LogP contribution in [0.15, 0.2) is 54.6 Å². The van der Waals surface area contributed by atoms with E-state index in [2.05, 4.69) is 0 Å². The van der Waals surface area contributed by atoms with Gasteiger partial charge in [0.2, 0.25) is 11.8 Å². The van der Waals surface area contributed by atoms with Gasteiger partial charge in [0, 0.05) is 17.8 Å². The summed E-state index contributed by atoms with van der Waals surface area (Å²) in [5, 5.41) is 10.1. The van der Waals surface area contributed by atoms with Crippen LogP contribution in [-0.4, -0.2) is 74.0 Å². The van der Waals surface area contributed by atoms with Crippen molar-refractivity contribution < 1.29 is 24.2 Å². The van der Waals surface area contributed by atoms with Gasteiger partial charge >= 0.3 is 5.97 Å². The van der Waals surface area contributed by atoms with Gasteiger partial charge in [-0.2, -0.15) is 0 Å². The molecule has 0 bridgehead atoms. The molecule has 4 heterocycles. The fourth-order valence-corrected chi connectivity index (χ4v) is 8.23. The molecule has 1 unspecified atom stereocenters. The Morgan fingerprint density at radius 1 is 1.12 bits per heavy atom. The minimum absolute atomic E-state index is 0.151. The number of fused-ring (bicyclic) bond motifs is 2. The number of benzene rings is 1. The second-order valence-electron chi connectivity index (χ2n) is 9.63.